The number of piperidine rings is 1. The first-order valence-electron chi connectivity index (χ1n) is 6.78. The van der Waals surface area contributed by atoms with Crippen LogP contribution in [0.2, 0.25) is 0 Å². The summed E-state index contributed by atoms with van der Waals surface area (Å²) in [5, 5.41) is 0. The summed E-state index contributed by atoms with van der Waals surface area (Å²) in [6.45, 7) is 3.41. The third kappa shape index (κ3) is 3.10. The summed E-state index contributed by atoms with van der Waals surface area (Å²) in [6, 6.07) is 5.71. The SMILES string of the molecule is COc1ccc(CN2CCCC(C)C2=O)cc1C(N)=S. The fourth-order valence-electron chi connectivity index (χ4n) is 2.56. The first-order valence-corrected chi connectivity index (χ1v) is 7.19. The Bertz CT molecular complexity index is 531. The van der Waals surface area contributed by atoms with Gasteiger partial charge in [0.15, 0.2) is 0 Å². The van der Waals surface area contributed by atoms with Crippen LogP contribution >= 0.6 is 12.2 Å². The lowest BCUT2D eigenvalue weighted by molar-refractivity contribution is -0.138. The van der Waals surface area contributed by atoms with E-state index in [1.165, 1.54) is 0 Å². The van der Waals surface area contributed by atoms with E-state index < -0.39 is 0 Å². The van der Waals surface area contributed by atoms with Crippen LogP contribution in [-0.4, -0.2) is 29.5 Å². The number of thiocarbonyl (C=S) groups is 1. The molecule has 0 spiro atoms. The smallest absolute Gasteiger partial charge is 0.225 e. The number of carbonyl (C=O) groups is 1. The maximum absolute atomic E-state index is 12.1. The fraction of sp³-hybridized carbons (Fsp3) is 0.467. The van der Waals surface area contributed by atoms with Crippen LogP contribution in [0, 0.1) is 5.92 Å². The van der Waals surface area contributed by atoms with Crippen molar-refractivity contribution in [2.45, 2.75) is 26.3 Å². The summed E-state index contributed by atoms with van der Waals surface area (Å²) in [5.41, 5.74) is 7.46. The highest BCUT2D eigenvalue weighted by Crippen LogP contribution is 2.23. The molecule has 1 atom stereocenters. The molecule has 0 aromatic heterocycles. The standard InChI is InChI=1S/C15H20N2O2S/c1-10-4-3-7-17(15(10)18)9-11-5-6-13(19-2)12(8-11)14(16)20/h5-6,8,10H,3-4,7,9H2,1-2H3,(H2,16,20). The van der Waals surface area contributed by atoms with Crippen molar-refractivity contribution < 1.29 is 9.53 Å². The monoisotopic (exact) mass is 292 g/mol. The number of likely N-dealkylation sites (tertiary alicyclic amines) is 1. The third-order valence-electron chi connectivity index (χ3n) is 3.70. The number of carbonyl (C=O) groups excluding carboxylic acids is 1. The van der Waals surface area contributed by atoms with Crippen molar-refractivity contribution in [2.24, 2.45) is 11.7 Å². The number of hydrogen-bond donors (Lipinski definition) is 1. The number of hydrogen-bond acceptors (Lipinski definition) is 3. The fourth-order valence-corrected chi connectivity index (χ4v) is 2.72. The van der Waals surface area contributed by atoms with Crippen LogP contribution < -0.4 is 10.5 Å². The molecule has 2 N–H and O–H groups in total. The van der Waals surface area contributed by atoms with E-state index in [9.17, 15) is 4.79 Å². The maximum atomic E-state index is 12.1. The molecule has 1 saturated heterocycles. The Morgan fingerprint density at radius 3 is 2.95 bits per heavy atom. The summed E-state index contributed by atoms with van der Waals surface area (Å²) in [5.74, 6) is 1.01. The van der Waals surface area contributed by atoms with Crippen molar-refractivity contribution in [3.05, 3.63) is 29.3 Å². The first-order chi connectivity index (χ1) is 9.52. The van der Waals surface area contributed by atoms with E-state index >= 15 is 0 Å². The average molecular weight is 292 g/mol. The Hall–Kier alpha value is -1.62. The van der Waals surface area contributed by atoms with Crippen LogP contribution in [-0.2, 0) is 11.3 Å². The Kier molecular flexibility index (Phi) is 4.60. The molecule has 0 aliphatic carbocycles. The van der Waals surface area contributed by atoms with Gasteiger partial charge < -0.3 is 15.4 Å². The minimum Gasteiger partial charge on any atom is -0.496 e. The van der Waals surface area contributed by atoms with Crippen LogP contribution in [0.5, 0.6) is 5.75 Å². The van der Waals surface area contributed by atoms with Gasteiger partial charge in [0.1, 0.15) is 10.7 Å². The summed E-state index contributed by atoms with van der Waals surface area (Å²) < 4.78 is 5.24. The minimum absolute atomic E-state index is 0.122. The van der Waals surface area contributed by atoms with E-state index in [0.29, 0.717) is 17.3 Å². The Balaban J connectivity index is 2.19. The Morgan fingerprint density at radius 2 is 2.30 bits per heavy atom. The van der Waals surface area contributed by atoms with Gasteiger partial charge in [0, 0.05) is 19.0 Å². The predicted molar refractivity (Wildman–Crippen MR) is 82.7 cm³/mol. The van der Waals surface area contributed by atoms with Crippen LogP contribution in [0.25, 0.3) is 0 Å². The highest BCUT2D eigenvalue weighted by atomic mass is 32.1. The molecule has 20 heavy (non-hydrogen) atoms. The number of amides is 1. The molecule has 1 aliphatic rings. The van der Waals surface area contributed by atoms with E-state index in [-0.39, 0.29) is 11.8 Å². The quantitative estimate of drug-likeness (QED) is 0.863. The summed E-state index contributed by atoms with van der Waals surface area (Å²) in [7, 11) is 1.59. The molecule has 1 heterocycles. The third-order valence-corrected chi connectivity index (χ3v) is 3.92. The van der Waals surface area contributed by atoms with Gasteiger partial charge in [-0.1, -0.05) is 25.2 Å². The van der Waals surface area contributed by atoms with Gasteiger partial charge in [0.2, 0.25) is 5.91 Å². The van der Waals surface area contributed by atoms with Crippen LogP contribution in [0.15, 0.2) is 18.2 Å². The zero-order valence-electron chi connectivity index (χ0n) is 11.9. The molecule has 2 rings (SSSR count). The van der Waals surface area contributed by atoms with Crippen molar-refractivity contribution in [3.8, 4) is 5.75 Å². The number of nitrogens with zero attached hydrogens (tertiary/aromatic N) is 1. The second-order valence-electron chi connectivity index (χ2n) is 5.20. The van der Waals surface area contributed by atoms with Gasteiger partial charge in [-0.25, -0.2) is 0 Å². The van der Waals surface area contributed by atoms with Crippen molar-refractivity contribution in [1.29, 1.82) is 0 Å². The second-order valence-corrected chi connectivity index (χ2v) is 5.64. The molecule has 0 bridgehead atoms. The summed E-state index contributed by atoms with van der Waals surface area (Å²) in [6.07, 6.45) is 2.04. The van der Waals surface area contributed by atoms with Gasteiger partial charge in [0.25, 0.3) is 0 Å². The molecule has 1 unspecified atom stereocenters. The molecule has 1 amide bonds. The largest absolute Gasteiger partial charge is 0.496 e. The lowest BCUT2D eigenvalue weighted by Gasteiger charge is -2.30. The van der Waals surface area contributed by atoms with Crippen LogP contribution in [0.1, 0.15) is 30.9 Å². The molecule has 1 aromatic rings. The van der Waals surface area contributed by atoms with Gasteiger partial charge in [0.05, 0.1) is 12.7 Å². The second kappa shape index (κ2) is 6.22. The van der Waals surface area contributed by atoms with Gasteiger partial charge in [-0.15, -0.1) is 0 Å². The number of nitrogens with two attached hydrogens (primary N) is 1. The molecular weight excluding hydrogens is 272 g/mol. The van der Waals surface area contributed by atoms with E-state index in [1.807, 2.05) is 30.0 Å². The highest BCUT2D eigenvalue weighted by Gasteiger charge is 2.25. The summed E-state index contributed by atoms with van der Waals surface area (Å²) in [4.78, 5) is 14.3. The average Bonchev–Trinajstić information content (AvgIpc) is 2.43. The van der Waals surface area contributed by atoms with Gasteiger partial charge in [-0.2, -0.15) is 0 Å². The van der Waals surface area contributed by atoms with Gasteiger partial charge >= 0.3 is 0 Å². The van der Waals surface area contributed by atoms with Gasteiger partial charge in [-0.3, -0.25) is 4.79 Å². The Morgan fingerprint density at radius 1 is 1.55 bits per heavy atom. The Labute approximate surface area is 124 Å². The molecule has 108 valence electrons. The lowest BCUT2D eigenvalue weighted by atomic mass is 9.98. The van der Waals surface area contributed by atoms with Crippen molar-refractivity contribution >= 4 is 23.1 Å². The van der Waals surface area contributed by atoms with Crippen LogP contribution in [0.4, 0.5) is 0 Å². The zero-order chi connectivity index (χ0) is 14.7. The van der Waals surface area contributed by atoms with Crippen LogP contribution in [0.3, 0.4) is 0 Å². The van der Waals surface area contributed by atoms with E-state index in [2.05, 4.69) is 0 Å². The van der Waals surface area contributed by atoms with Crippen molar-refractivity contribution in [3.63, 3.8) is 0 Å². The number of ether oxygens (including phenoxy) is 1. The topological polar surface area (TPSA) is 55.6 Å². The molecule has 1 aliphatic heterocycles. The zero-order valence-corrected chi connectivity index (χ0v) is 12.7. The van der Waals surface area contributed by atoms with Gasteiger partial charge in [-0.05, 0) is 30.5 Å². The highest BCUT2D eigenvalue weighted by molar-refractivity contribution is 7.80. The molecule has 0 saturated carbocycles. The number of rotatable bonds is 4. The minimum atomic E-state index is 0.122. The van der Waals surface area contributed by atoms with E-state index in [4.69, 9.17) is 22.7 Å². The van der Waals surface area contributed by atoms with Crippen molar-refractivity contribution in [1.82, 2.24) is 4.90 Å². The first kappa shape index (κ1) is 14.8. The molecule has 1 fully saturated rings. The van der Waals surface area contributed by atoms with E-state index in [0.717, 1.165) is 30.5 Å². The predicted octanol–water partition coefficient (Wildman–Crippen LogP) is 2.09. The molecule has 4 nitrogen and oxygen atoms in total. The molecule has 5 heteroatoms. The molecular formula is C15H20N2O2S. The lowest BCUT2D eigenvalue weighted by Crippen LogP contribution is -2.39. The van der Waals surface area contributed by atoms with E-state index in [1.54, 1.807) is 7.11 Å². The number of methoxy groups -OCH3 is 1. The molecule has 1 aromatic carbocycles. The maximum Gasteiger partial charge on any atom is 0.225 e. The van der Waals surface area contributed by atoms with Crippen molar-refractivity contribution in [2.75, 3.05) is 13.7 Å². The summed E-state index contributed by atoms with van der Waals surface area (Å²) >= 11 is 5.04. The normalized spacial score (nSPS) is 19.0. The molecule has 0 radical (unpaired) electrons. The number of benzene rings is 1.